The highest BCUT2D eigenvalue weighted by atomic mass is 35.5. The Kier molecular flexibility index (Phi) is 3.82. The van der Waals surface area contributed by atoms with E-state index in [1.807, 2.05) is 0 Å². The number of pyridine rings is 1. The zero-order valence-electron chi connectivity index (χ0n) is 9.73. The molecule has 0 aliphatic rings. The maximum absolute atomic E-state index is 13.6. The first kappa shape index (κ1) is 15.2. The van der Waals surface area contributed by atoms with Gasteiger partial charge in [-0.1, -0.05) is 11.6 Å². The third-order valence-corrected chi connectivity index (χ3v) is 2.70. The third kappa shape index (κ3) is 2.54. The molecule has 0 radical (unpaired) electrons. The Morgan fingerprint density at radius 1 is 0.952 bits per heavy atom. The summed E-state index contributed by atoms with van der Waals surface area (Å²) < 4.78 is 66.4. The van der Waals surface area contributed by atoms with Crippen molar-refractivity contribution >= 4 is 17.6 Å². The van der Waals surface area contributed by atoms with Crippen LogP contribution in [-0.2, 0) is 0 Å². The molecule has 0 atom stereocenters. The van der Waals surface area contributed by atoms with Crippen molar-refractivity contribution in [2.24, 2.45) is 0 Å². The summed E-state index contributed by atoms with van der Waals surface area (Å²) in [6.07, 6.45) is 0. The predicted octanol–water partition coefficient (Wildman–Crippen LogP) is 3.80. The molecule has 2 aromatic rings. The van der Waals surface area contributed by atoms with Crippen LogP contribution in [0.3, 0.4) is 0 Å². The summed E-state index contributed by atoms with van der Waals surface area (Å²) in [5, 5.41) is 8.31. The predicted molar refractivity (Wildman–Crippen MR) is 61.4 cm³/mol. The molecule has 0 unspecified atom stereocenters. The van der Waals surface area contributed by atoms with Gasteiger partial charge >= 0.3 is 5.97 Å². The van der Waals surface area contributed by atoms with Gasteiger partial charge in [0.1, 0.15) is 5.15 Å². The number of halogens is 6. The lowest BCUT2D eigenvalue weighted by molar-refractivity contribution is 0.0696. The SMILES string of the molecule is O=C(O)c1cc(Cl)nc(-c2c(F)c(F)c(F)c(F)c2F)c1. The van der Waals surface area contributed by atoms with Crippen LogP contribution in [0.4, 0.5) is 22.0 Å². The first-order chi connectivity index (χ1) is 9.73. The number of rotatable bonds is 2. The number of benzene rings is 1. The van der Waals surface area contributed by atoms with Crippen LogP contribution in [0, 0.1) is 29.1 Å². The fraction of sp³-hybridized carbons (Fsp3) is 0. The van der Waals surface area contributed by atoms with E-state index in [0.29, 0.717) is 6.07 Å². The van der Waals surface area contributed by atoms with Crippen molar-refractivity contribution in [3.8, 4) is 11.3 Å². The first-order valence-electron chi connectivity index (χ1n) is 5.16. The molecule has 0 saturated carbocycles. The van der Waals surface area contributed by atoms with E-state index in [1.165, 1.54) is 0 Å². The van der Waals surface area contributed by atoms with Gasteiger partial charge in [0, 0.05) is 0 Å². The summed E-state index contributed by atoms with van der Waals surface area (Å²) in [5.74, 6) is -12.4. The van der Waals surface area contributed by atoms with Gasteiger partial charge in [-0.3, -0.25) is 0 Å². The minimum atomic E-state index is -2.32. The normalized spacial score (nSPS) is 10.8. The van der Waals surface area contributed by atoms with Gasteiger partial charge in [-0.2, -0.15) is 0 Å². The summed E-state index contributed by atoms with van der Waals surface area (Å²) in [4.78, 5) is 14.2. The number of aromatic nitrogens is 1. The van der Waals surface area contributed by atoms with Gasteiger partial charge < -0.3 is 5.11 Å². The average Bonchev–Trinajstić information content (AvgIpc) is 2.42. The van der Waals surface area contributed by atoms with Gasteiger partial charge in [0.05, 0.1) is 16.8 Å². The van der Waals surface area contributed by atoms with Crippen LogP contribution in [0.1, 0.15) is 10.4 Å². The fourth-order valence-electron chi connectivity index (χ4n) is 1.58. The summed E-state index contributed by atoms with van der Waals surface area (Å²) in [5.41, 5.74) is -2.65. The molecule has 1 aromatic carbocycles. The van der Waals surface area contributed by atoms with Gasteiger partial charge in [-0.15, -0.1) is 0 Å². The van der Waals surface area contributed by atoms with Crippen LogP contribution in [0.25, 0.3) is 11.3 Å². The van der Waals surface area contributed by atoms with Crippen LogP contribution in [0.2, 0.25) is 5.15 Å². The Morgan fingerprint density at radius 3 is 1.90 bits per heavy atom. The Hall–Kier alpha value is -2.22. The van der Waals surface area contributed by atoms with Crippen LogP contribution < -0.4 is 0 Å². The van der Waals surface area contributed by atoms with Crippen LogP contribution in [-0.4, -0.2) is 16.1 Å². The van der Waals surface area contributed by atoms with Crippen LogP contribution in [0.5, 0.6) is 0 Å². The highest BCUT2D eigenvalue weighted by molar-refractivity contribution is 6.29. The number of aromatic carboxylic acids is 1. The van der Waals surface area contributed by atoms with Crippen LogP contribution >= 0.6 is 11.6 Å². The maximum Gasteiger partial charge on any atom is 0.335 e. The smallest absolute Gasteiger partial charge is 0.335 e. The van der Waals surface area contributed by atoms with Crippen LogP contribution in [0.15, 0.2) is 12.1 Å². The van der Waals surface area contributed by atoms with Crippen molar-refractivity contribution in [3.63, 3.8) is 0 Å². The lowest BCUT2D eigenvalue weighted by Crippen LogP contribution is -2.06. The molecular formula is C12H3ClF5NO2. The number of carbonyl (C=O) groups is 1. The Bertz CT molecular complexity index is 737. The highest BCUT2D eigenvalue weighted by Gasteiger charge is 2.28. The van der Waals surface area contributed by atoms with E-state index in [9.17, 15) is 26.7 Å². The van der Waals surface area contributed by atoms with Crippen molar-refractivity contribution in [3.05, 3.63) is 51.9 Å². The van der Waals surface area contributed by atoms with Crippen molar-refractivity contribution in [1.29, 1.82) is 0 Å². The average molecular weight is 324 g/mol. The Labute approximate surface area is 118 Å². The van der Waals surface area contributed by atoms with Crippen molar-refractivity contribution in [1.82, 2.24) is 4.98 Å². The molecule has 0 bridgehead atoms. The minimum absolute atomic E-state index is 0.478. The summed E-state index contributed by atoms with van der Waals surface area (Å²) in [6.45, 7) is 0. The first-order valence-corrected chi connectivity index (χ1v) is 5.54. The van der Waals surface area contributed by atoms with E-state index in [4.69, 9.17) is 16.7 Å². The van der Waals surface area contributed by atoms with Gasteiger partial charge in [0.2, 0.25) is 5.82 Å². The third-order valence-electron chi connectivity index (χ3n) is 2.51. The standard InChI is InChI=1S/C12H3ClF5NO2/c13-5-2-3(12(20)21)1-4(19-5)6-7(14)9(16)11(18)10(17)8(6)15/h1-2H,(H,20,21). The van der Waals surface area contributed by atoms with Gasteiger partial charge in [-0.05, 0) is 12.1 Å². The zero-order valence-corrected chi connectivity index (χ0v) is 10.5. The Balaban J connectivity index is 2.82. The quantitative estimate of drug-likeness (QED) is 0.396. The monoisotopic (exact) mass is 323 g/mol. The van der Waals surface area contributed by atoms with Gasteiger partial charge in [0.15, 0.2) is 23.3 Å². The molecule has 0 aliphatic carbocycles. The number of carboxylic acids is 1. The molecule has 2 rings (SSSR count). The zero-order chi connectivity index (χ0) is 15.9. The van der Waals surface area contributed by atoms with Crippen molar-refractivity contribution in [2.45, 2.75) is 0 Å². The largest absolute Gasteiger partial charge is 0.478 e. The number of nitrogens with zero attached hydrogens (tertiary/aromatic N) is 1. The van der Waals surface area contributed by atoms with Gasteiger partial charge in [-0.25, -0.2) is 31.7 Å². The molecule has 110 valence electrons. The molecule has 0 amide bonds. The molecule has 1 aromatic heterocycles. The summed E-state index contributed by atoms with van der Waals surface area (Å²) in [6, 6.07) is 1.51. The number of hydrogen-bond acceptors (Lipinski definition) is 2. The van der Waals surface area contributed by atoms with E-state index in [0.717, 1.165) is 6.07 Å². The molecule has 9 heteroatoms. The fourth-order valence-corrected chi connectivity index (χ4v) is 1.79. The second kappa shape index (κ2) is 5.28. The van der Waals surface area contributed by atoms with E-state index in [2.05, 4.69) is 4.98 Å². The maximum atomic E-state index is 13.6. The molecule has 0 aliphatic heterocycles. The molecule has 0 saturated heterocycles. The number of carboxylic acid groups (broad SMARTS) is 1. The second-order valence-corrected chi connectivity index (χ2v) is 4.20. The lowest BCUT2D eigenvalue weighted by Gasteiger charge is -2.08. The summed E-state index contributed by atoms with van der Waals surface area (Å²) >= 11 is 5.48. The Morgan fingerprint density at radius 2 is 1.43 bits per heavy atom. The minimum Gasteiger partial charge on any atom is -0.478 e. The van der Waals surface area contributed by atoms with E-state index < -0.39 is 57.0 Å². The molecule has 3 nitrogen and oxygen atoms in total. The lowest BCUT2D eigenvalue weighted by atomic mass is 10.1. The molecule has 0 spiro atoms. The molecule has 21 heavy (non-hydrogen) atoms. The van der Waals surface area contributed by atoms with Crippen molar-refractivity contribution in [2.75, 3.05) is 0 Å². The van der Waals surface area contributed by atoms with Crippen molar-refractivity contribution < 1.29 is 31.9 Å². The van der Waals surface area contributed by atoms with E-state index in [-0.39, 0.29) is 0 Å². The van der Waals surface area contributed by atoms with E-state index in [1.54, 1.807) is 0 Å². The summed E-state index contributed by atoms with van der Waals surface area (Å²) in [7, 11) is 0. The highest BCUT2D eigenvalue weighted by Crippen LogP contribution is 2.31. The van der Waals surface area contributed by atoms with Gasteiger partial charge in [0.25, 0.3) is 0 Å². The second-order valence-electron chi connectivity index (χ2n) is 3.81. The van der Waals surface area contributed by atoms with E-state index >= 15 is 0 Å². The molecule has 1 N–H and O–H groups in total. The number of hydrogen-bond donors (Lipinski definition) is 1. The molecular weight excluding hydrogens is 321 g/mol. The topological polar surface area (TPSA) is 50.2 Å². The molecule has 0 fully saturated rings. The molecule has 1 heterocycles.